The summed E-state index contributed by atoms with van der Waals surface area (Å²) in [6.07, 6.45) is 7.34. The van der Waals surface area contributed by atoms with E-state index in [0.717, 1.165) is 22.5 Å². The fraction of sp³-hybridized carbons (Fsp3) is 0.615. The Labute approximate surface area is 102 Å². The van der Waals surface area contributed by atoms with Gasteiger partial charge in [-0.3, -0.25) is 4.98 Å². The Bertz CT molecular complexity index is 344. The fourth-order valence-electron chi connectivity index (χ4n) is 2.77. The number of nitrogens with zero attached hydrogens (tertiary/aromatic N) is 1. The van der Waals surface area contributed by atoms with Crippen LogP contribution in [0.1, 0.15) is 33.1 Å². The topological polar surface area (TPSA) is 24.9 Å². The van der Waals surface area contributed by atoms with E-state index in [-0.39, 0.29) is 0 Å². The van der Waals surface area contributed by atoms with Gasteiger partial charge in [0, 0.05) is 12.2 Å². The molecule has 1 heterocycles. The highest BCUT2D eigenvalue weighted by Crippen LogP contribution is 2.31. The van der Waals surface area contributed by atoms with Crippen LogP contribution < -0.4 is 5.32 Å². The summed E-state index contributed by atoms with van der Waals surface area (Å²) in [5.41, 5.74) is 0.968. The van der Waals surface area contributed by atoms with Crippen LogP contribution in [0.2, 0.25) is 5.02 Å². The van der Waals surface area contributed by atoms with Crippen LogP contribution in [0.15, 0.2) is 18.5 Å². The Balaban J connectivity index is 2.02. The lowest BCUT2D eigenvalue weighted by molar-refractivity contribution is 0.281. The number of pyridine rings is 1. The molecule has 0 spiro atoms. The van der Waals surface area contributed by atoms with Gasteiger partial charge in [0.1, 0.15) is 0 Å². The summed E-state index contributed by atoms with van der Waals surface area (Å²) in [7, 11) is 0. The number of aromatic nitrogens is 1. The van der Waals surface area contributed by atoms with Crippen LogP contribution in [0, 0.1) is 11.8 Å². The van der Waals surface area contributed by atoms with Gasteiger partial charge in [0.15, 0.2) is 0 Å². The van der Waals surface area contributed by atoms with Crippen molar-refractivity contribution in [2.75, 3.05) is 5.32 Å². The molecule has 0 amide bonds. The van der Waals surface area contributed by atoms with Crippen molar-refractivity contribution in [2.45, 2.75) is 39.2 Å². The van der Waals surface area contributed by atoms with Gasteiger partial charge in [0.25, 0.3) is 0 Å². The molecule has 3 heteroatoms. The van der Waals surface area contributed by atoms with Crippen LogP contribution in [0.4, 0.5) is 5.69 Å². The largest absolute Gasteiger partial charge is 0.380 e. The molecule has 16 heavy (non-hydrogen) atoms. The van der Waals surface area contributed by atoms with Gasteiger partial charge in [-0.05, 0) is 37.2 Å². The van der Waals surface area contributed by atoms with E-state index in [1.807, 2.05) is 12.3 Å². The summed E-state index contributed by atoms with van der Waals surface area (Å²) in [6, 6.07) is 2.37. The SMILES string of the molecule is CC1CC(C)CC(Nc2cnccc2Cl)C1. The molecular formula is C13H19ClN2. The molecule has 1 aliphatic carbocycles. The van der Waals surface area contributed by atoms with Crippen LogP contribution in [0.3, 0.4) is 0 Å². The van der Waals surface area contributed by atoms with Crippen molar-refractivity contribution in [3.8, 4) is 0 Å². The fourth-order valence-corrected chi connectivity index (χ4v) is 2.93. The van der Waals surface area contributed by atoms with E-state index in [0.29, 0.717) is 6.04 Å². The molecule has 2 atom stereocenters. The summed E-state index contributed by atoms with van der Waals surface area (Å²) in [4.78, 5) is 4.10. The molecule has 0 radical (unpaired) electrons. The number of nitrogens with one attached hydrogen (secondary N) is 1. The summed E-state index contributed by atoms with van der Waals surface area (Å²) in [5.74, 6) is 1.60. The lowest BCUT2D eigenvalue weighted by Crippen LogP contribution is -2.30. The first-order valence-corrected chi connectivity index (χ1v) is 6.39. The van der Waals surface area contributed by atoms with Gasteiger partial charge in [-0.15, -0.1) is 0 Å². The average molecular weight is 239 g/mol. The molecule has 1 aliphatic rings. The molecule has 0 bridgehead atoms. The molecule has 1 N–H and O–H groups in total. The molecule has 2 nitrogen and oxygen atoms in total. The third-order valence-corrected chi connectivity index (χ3v) is 3.64. The minimum absolute atomic E-state index is 0.542. The van der Waals surface area contributed by atoms with Crippen LogP contribution >= 0.6 is 11.6 Å². The van der Waals surface area contributed by atoms with Crippen molar-refractivity contribution in [3.05, 3.63) is 23.5 Å². The number of halogens is 1. The minimum atomic E-state index is 0.542. The van der Waals surface area contributed by atoms with Gasteiger partial charge in [-0.1, -0.05) is 25.4 Å². The lowest BCUT2D eigenvalue weighted by atomic mass is 9.80. The highest BCUT2D eigenvalue weighted by molar-refractivity contribution is 6.33. The standard InChI is InChI=1S/C13H19ClN2/c1-9-5-10(2)7-11(6-9)16-13-8-15-4-3-12(13)14/h3-4,8-11,16H,5-7H2,1-2H3. The molecule has 1 aromatic heterocycles. The lowest BCUT2D eigenvalue weighted by Gasteiger charge is -2.32. The van der Waals surface area contributed by atoms with Gasteiger partial charge in [0.2, 0.25) is 0 Å². The molecule has 1 fully saturated rings. The molecule has 0 aliphatic heterocycles. The molecule has 88 valence electrons. The van der Waals surface area contributed by atoms with Gasteiger partial charge >= 0.3 is 0 Å². The van der Waals surface area contributed by atoms with Crippen molar-refractivity contribution < 1.29 is 0 Å². The Morgan fingerprint density at radius 3 is 2.56 bits per heavy atom. The Morgan fingerprint density at radius 2 is 1.94 bits per heavy atom. The third-order valence-electron chi connectivity index (χ3n) is 3.31. The van der Waals surface area contributed by atoms with E-state index >= 15 is 0 Å². The molecule has 1 saturated carbocycles. The van der Waals surface area contributed by atoms with Crippen molar-refractivity contribution in [3.63, 3.8) is 0 Å². The zero-order valence-corrected chi connectivity index (χ0v) is 10.7. The van der Waals surface area contributed by atoms with Gasteiger partial charge in [0.05, 0.1) is 16.9 Å². The number of hydrogen-bond donors (Lipinski definition) is 1. The second-order valence-electron chi connectivity index (χ2n) is 5.11. The van der Waals surface area contributed by atoms with E-state index in [1.165, 1.54) is 19.3 Å². The quantitative estimate of drug-likeness (QED) is 0.843. The number of rotatable bonds is 2. The van der Waals surface area contributed by atoms with Crippen LogP contribution in [-0.4, -0.2) is 11.0 Å². The highest BCUT2D eigenvalue weighted by Gasteiger charge is 2.24. The van der Waals surface area contributed by atoms with Crippen molar-refractivity contribution >= 4 is 17.3 Å². The molecule has 0 saturated heterocycles. The first kappa shape index (κ1) is 11.7. The normalized spacial score (nSPS) is 30.1. The van der Waals surface area contributed by atoms with Crippen LogP contribution in [-0.2, 0) is 0 Å². The minimum Gasteiger partial charge on any atom is -0.380 e. The molecule has 2 rings (SSSR count). The van der Waals surface area contributed by atoms with Crippen LogP contribution in [0.25, 0.3) is 0 Å². The monoisotopic (exact) mass is 238 g/mol. The predicted molar refractivity (Wildman–Crippen MR) is 68.8 cm³/mol. The zero-order valence-electron chi connectivity index (χ0n) is 9.91. The van der Waals surface area contributed by atoms with Gasteiger partial charge in [-0.2, -0.15) is 0 Å². The van der Waals surface area contributed by atoms with Crippen molar-refractivity contribution in [2.24, 2.45) is 11.8 Å². The predicted octanol–water partition coefficient (Wildman–Crippen LogP) is 3.97. The van der Waals surface area contributed by atoms with E-state index < -0.39 is 0 Å². The molecule has 0 aromatic carbocycles. The number of anilines is 1. The maximum atomic E-state index is 6.11. The van der Waals surface area contributed by atoms with E-state index in [1.54, 1.807) is 6.20 Å². The molecular weight excluding hydrogens is 220 g/mol. The summed E-state index contributed by atoms with van der Waals surface area (Å²) < 4.78 is 0. The first-order valence-electron chi connectivity index (χ1n) is 6.01. The molecule has 1 aromatic rings. The first-order chi connectivity index (χ1) is 7.65. The second-order valence-corrected chi connectivity index (χ2v) is 5.52. The van der Waals surface area contributed by atoms with Crippen molar-refractivity contribution in [1.82, 2.24) is 4.98 Å². The smallest absolute Gasteiger partial charge is 0.0718 e. The van der Waals surface area contributed by atoms with Crippen LogP contribution in [0.5, 0.6) is 0 Å². The van der Waals surface area contributed by atoms with E-state index in [4.69, 9.17) is 11.6 Å². The van der Waals surface area contributed by atoms with E-state index in [2.05, 4.69) is 24.1 Å². The van der Waals surface area contributed by atoms with E-state index in [9.17, 15) is 0 Å². The maximum absolute atomic E-state index is 6.11. The average Bonchev–Trinajstić information content (AvgIpc) is 2.20. The third kappa shape index (κ3) is 2.88. The summed E-state index contributed by atoms with van der Waals surface area (Å²) in [6.45, 7) is 4.66. The van der Waals surface area contributed by atoms with Gasteiger partial charge in [-0.25, -0.2) is 0 Å². The summed E-state index contributed by atoms with van der Waals surface area (Å²) >= 11 is 6.11. The maximum Gasteiger partial charge on any atom is 0.0718 e. The Morgan fingerprint density at radius 1 is 1.25 bits per heavy atom. The molecule has 2 unspecified atom stereocenters. The summed E-state index contributed by atoms with van der Waals surface area (Å²) in [5, 5.41) is 4.28. The Kier molecular flexibility index (Phi) is 3.70. The highest BCUT2D eigenvalue weighted by atomic mass is 35.5. The Hall–Kier alpha value is -0.760. The van der Waals surface area contributed by atoms with Crippen molar-refractivity contribution in [1.29, 1.82) is 0 Å². The second kappa shape index (κ2) is 5.05. The zero-order chi connectivity index (χ0) is 11.5. The van der Waals surface area contributed by atoms with Gasteiger partial charge < -0.3 is 5.32 Å². The number of hydrogen-bond acceptors (Lipinski definition) is 2.